The van der Waals surface area contributed by atoms with Gasteiger partial charge in [-0.3, -0.25) is 4.79 Å². The second-order valence-corrected chi connectivity index (χ2v) is 3.50. The molecule has 1 aromatic heterocycles. The van der Waals surface area contributed by atoms with Gasteiger partial charge in [0.1, 0.15) is 5.52 Å². The van der Waals surface area contributed by atoms with Crippen molar-refractivity contribution < 1.29 is 9.21 Å². The number of benzene rings is 1. The van der Waals surface area contributed by atoms with Gasteiger partial charge in [0, 0.05) is 12.2 Å². The molecule has 0 fully saturated rings. The molecule has 2 rings (SSSR count). The molecular formula is C11H13N3O2. The van der Waals surface area contributed by atoms with Crippen molar-refractivity contribution in [2.75, 3.05) is 12.3 Å². The van der Waals surface area contributed by atoms with E-state index in [0.717, 1.165) is 6.42 Å². The van der Waals surface area contributed by atoms with Gasteiger partial charge in [-0.2, -0.15) is 0 Å². The smallest absolute Gasteiger partial charge is 0.307 e. The van der Waals surface area contributed by atoms with Crippen LogP contribution in [0.5, 0.6) is 0 Å². The van der Waals surface area contributed by atoms with Crippen molar-refractivity contribution >= 4 is 22.7 Å². The lowest BCUT2D eigenvalue weighted by atomic mass is 10.3. The van der Waals surface area contributed by atoms with E-state index in [1.165, 1.54) is 0 Å². The van der Waals surface area contributed by atoms with Crippen LogP contribution < -0.4 is 11.1 Å². The Morgan fingerprint density at radius 3 is 3.12 bits per heavy atom. The van der Waals surface area contributed by atoms with E-state index in [4.69, 9.17) is 10.2 Å². The fraction of sp³-hybridized carbons (Fsp3) is 0.273. The third kappa shape index (κ3) is 1.98. The summed E-state index contributed by atoms with van der Waals surface area (Å²) in [6, 6.07) is 5.09. The number of carbonyl (C=O) groups excluding carboxylic acids is 1. The van der Waals surface area contributed by atoms with Crippen LogP contribution in [-0.2, 0) is 0 Å². The zero-order valence-electron chi connectivity index (χ0n) is 8.99. The largest absolute Gasteiger partial charge is 0.432 e. The first-order valence-corrected chi connectivity index (χ1v) is 5.15. The number of nitrogen functional groups attached to an aromatic ring is 1. The van der Waals surface area contributed by atoms with E-state index in [9.17, 15) is 4.79 Å². The van der Waals surface area contributed by atoms with Gasteiger partial charge < -0.3 is 15.5 Å². The third-order valence-electron chi connectivity index (χ3n) is 2.14. The van der Waals surface area contributed by atoms with E-state index in [1.54, 1.807) is 18.2 Å². The minimum Gasteiger partial charge on any atom is -0.432 e. The lowest BCUT2D eigenvalue weighted by molar-refractivity contribution is 0.0921. The van der Waals surface area contributed by atoms with Gasteiger partial charge in [0.25, 0.3) is 5.89 Å². The Balaban J connectivity index is 2.28. The Morgan fingerprint density at radius 2 is 2.38 bits per heavy atom. The zero-order chi connectivity index (χ0) is 11.5. The summed E-state index contributed by atoms with van der Waals surface area (Å²) in [6.45, 7) is 2.59. The second kappa shape index (κ2) is 4.22. The van der Waals surface area contributed by atoms with Gasteiger partial charge in [0.15, 0.2) is 5.58 Å². The highest BCUT2D eigenvalue weighted by molar-refractivity contribution is 5.92. The van der Waals surface area contributed by atoms with E-state index in [-0.39, 0.29) is 11.8 Å². The highest BCUT2D eigenvalue weighted by atomic mass is 16.4. The molecule has 0 saturated heterocycles. The number of hydrogen-bond donors (Lipinski definition) is 2. The number of fused-ring (bicyclic) bond motifs is 1. The highest BCUT2D eigenvalue weighted by Crippen LogP contribution is 2.18. The SMILES string of the molecule is CCCNC(=O)c1nc2cc(N)ccc2o1. The first-order valence-electron chi connectivity index (χ1n) is 5.15. The van der Waals surface area contributed by atoms with Crippen molar-refractivity contribution in [1.29, 1.82) is 0 Å². The fourth-order valence-electron chi connectivity index (χ4n) is 1.36. The summed E-state index contributed by atoms with van der Waals surface area (Å²) in [5, 5.41) is 2.70. The van der Waals surface area contributed by atoms with E-state index in [1.807, 2.05) is 6.92 Å². The van der Waals surface area contributed by atoms with Gasteiger partial charge in [-0.05, 0) is 24.6 Å². The van der Waals surface area contributed by atoms with Crippen LogP contribution in [0.3, 0.4) is 0 Å². The molecule has 2 aromatic rings. The molecule has 0 aliphatic carbocycles. The maximum absolute atomic E-state index is 11.6. The van der Waals surface area contributed by atoms with Crippen LogP contribution in [0.1, 0.15) is 24.0 Å². The number of amides is 1. The van der Waals surface area contributed by atoms with Crippen LogP contribution in [0.15, 0.2) is 22.6 Å². The third-order valence-corrected chi connectivity index (χ3v) is 2.14. The molecule has 0 unspecified atom stereocenters. The van der Waals surface area contributed by atoms with Crippen molar-refractivity contribution in [2.45, 2.75) is 13.3 Å². The predicted octanol–water partition coefficient (Wildman–Crippen LogP) is 1.55. The molecule has 0 aliphatic rings. The minimum atomic E-state index is -0.295. The van der Waals surface area contributed by atoms with Gasteiger partial charge in [0.2, 0.25) is 0 Å². The van der Waals surface area contributed by atoms with Crippen LogP contribution in [0.4, 0.5) is 5.69 Å². The topological polar surface area (TPSA) is 81.2 Å². The summed E-state index contributed by atoms with van der Waals surface area (Å²) < 4.78 is 5.30. The minimum absolute atomic E-state index is 0.0778. The molecule has 0 spiro atoms. The Hall–Kier alpha value is -2.04. The Bertz CT molecular complexity index is 519. The van der Waals surface area contributed by atoms with E-state index < -0.39 is 0 Å². The van der Waals surface area contributed by atoms with Crippen LogP contribution in [0, 0.1) is 0 Å². The summed E-state index contributed by atoms with van der Waals surface area (Å²) in [4.78, 5) is 15.6. The number of carbonyl (C=O) groups is 1. The number of hydrogen-bond acceptors (Lipinski definition) is 4. The molecule has 0 radical (unpaired) electrons. The predicted molar refractivity (Wildman–Crippen MR) is 61.0 cm³/mol. The average Bonchev–Trinajstić information content (AvgIpc) is 2.68. The monoisotopic (exact) mass is 219 g/mol. The van der Waals surface area contributed by atoms with Gasteiger partial charge in [0.05, 0.1) is 0 Å². The molecular weight excluding hydrogens is 206 g/mol. The first-order chi connectivity index (χ1) is 7.70. The molecule has 1 aromatic carbocycles. The summed E-state index contributed by atoms with van der Waals surface area (Å²) in [5.41, 5.74) is 7.37. The molecule has 3 N–H and O–H groups in total. The Labute approximate surface area is 92.6 Å². The second-order valence-electron chi connectivity index (χ2n) is 3.50. The number of nitrogens with one attached hydrogen (secondary N) is 1. The normalized spacial score (nSPS) is 10.6. The average molecular weight is 219 g/mol. The standard InChI is InChI=1S/C11H13N3O2/c1-2-5-13-10(15)11-14-8-6-7(12)3-4-9(8)16-11/h3-4,6H,2,5,12H2,1H3,(H,13,15). The summed E-state index contributed by atoms with van der Waals surface area (Å²) >= 11 is 0. The molecule has 16 heavy (non-hydrogen) atoms. The quantitative estimate of drug-likeness (QED) is 0.767. The number of aromatic nitrogens is 1. The Morgan fingerprint density at radius 1 is 1.56 bits per heavy atom. The number of anilines is 1. The van der Waals surface area contributed by atoms with Crippen LogP contribution in [-0.4, -0.2) is 17.4 Å². The number of rotatable bonds is 3. The maximum Gasteiger partial charge on any atom is 0.307 e. The first kappa shape index (κ1) is 10.5. The van der Waals surface area contributed by atoms with Crippen molar-refractivity contribution in [3.63, 3.8) is 0 Å². The Kier molecular flexibility index (Phi) is 2.76. The van der Waals surface area contributed by atoms with Crippen molar-refractivity contribution in [2.24, 2.45) is 0 Å². The summed E-state index contributed by atoms with van der Waals surface area (Å²) in [6.07, 6.45) is 0.874. The van der Waals surface area contributed by atoms with Crippen molar-refractivity contribution in [1.82, 2.24) is 10.3 Å². The molecule has 0 aliphatic heterocycles. The summed E-state index contributed by atoms with van der Waals surface area (Å²) in [5.74, 6) is -0.217. The molecule has 5 nitrogen and oxygen atoms in total. The number of nitrogens with zero attached hydrogens (tertiary/aromatic N) is 1. The van der Waals surface area contributed by atoms with Crippen molar-refractivity contribution in [3.8, 4) is 0 Å². The van der Waals surface area contributed by atoms with Gasteiger partial charge >= 0.3 is 5.91 Å². The van der Waals surface area contributed by atoms with Gasteiger partial charge in [-0.1, -0.05) is 6.92 Å². The van der Waals surface area contributed by atoms with E-state index in [0.29, 0.717) is 23.3 Å². The fourth-order valence-corrected chi connectivity index (χ4v) is 1.36. The highest BCUT2D eigenvalue weighted by Gasteiger charge is 2.13. The molecule has 0 saturated carbocycles. The van der Waals surface area contributed by atoms with Gasteiger partial charge in [-0.25, -0.2) is 4.98 Å². The van der Waals surface area contributed by atoms with Crippen molar-refractivity contribution in [3.05, 3.63) is 24.1 Å². The lowest BCUT2D eigenvalue weighted by Gasteiger charge is -1.97. The molecule has 1 heterocycles. The number of oxazole rings is 1. The number of nitrogens with two attached hydrogens (primary N) is 1. The molecule has 1 amide bonds. The van der Waals surface area contributed by atoms with E-state index >= 15 is 0 Å². The summed E-state index contributed by atoms with van der Waals surface area (Å²) in [7, 11) is 0. The maximum atomic E-state index is 11.6. The van der Waals surface area contributed by atoms with Crippen LogP contribution in [0.2, 0.25) is 0 Å². The van der Waals surface area contributed by atoms with Crippen LogP contribution >= 0.6 is 0 Å². The molecule has 0 bridgehead atoms. The lowest BCUT2D eigenvalue weighted by Crippen LogP contribution is -2.24. The zero-order valence-corrected chi connectivity index (χ0v) is 8.99. The molecule has 5 heteroatoms. The van der Waals surface area contributed by atoms with Gasteiger partial charge in [-0.15, -0.1) is 0 Å². The van der Waals surface area contributed by atoms with Crippen LogP contribution in [0.25, 0.3) is 11.1 Å². The van der Waals surface area contributed by atoms with E-state index in [2.05, 4.69) is 10.3 Å². The molecule has 84 valence electrons. The molecule has 0 atom stereocenters.